The van der Waals surface area contributed by atoms with Crippen molar-refractivity contribution in [3.8, 4) is 17.2 Å². The summed E-state index contributed by atoms with van der Waals surface area (Å²) >= 11 is 0. The highest BCUT2D eigenvalue weighted by atomic mass is 16.6. The maximum Gasteiger partial charge on any atom is 0.311 e. The number of ether oxygens (including phenoxy) is 4. The molecule has 0 aromatic heterocycles. The molecule has 7 nitrogen and oxygen atoms in total. The predicted molar refractivity (Wildman–Crippen MR) is 103 cm³/mol. The van der Waals surface area contributed by atoms with E-state index >= 15 is 0 Å². The molecule has 3 rings (SSSR count). The number of fused-ring (bicyclic) bond motifs is 1. The highest BCUT2D eigenvalue weighted by Gasteiger charge is 2.20. The number of esters is 1. The lowest BCUT2D eigenvalue weighted by Gasteiger charge is -2.19. The normalized spacial score (nSPS) is 13.4. The minimum absolute atomic E-state index is 0.0298. The van der Waals surface area contributed by atoms with Crippen molar-refractivity contribution in [2.75, 3.05) is 25.6 Å². The van der Waals surface area contributed by atoms with E-state index in [0.717, 1.165) is 11.1 Å². The van der Waals surface area contributed by atoms with Gasteiger partial charge in [-0.1, -0.05) is 12.1 Å². The van der Waals surface area contributed by atoms with E-state index in [4.69, 9.17) is 18.9 Å². The summed E-state index contributed by atoms with van der Waals surface area (Å²) in [7, 11) is 1.52. The Hall–Kier alpha value is -3.22. The lowest BCUT2D eigenvalue weighted by molar-refractivity contribution is -0.152. The Kier molecular flexibility index (Phi) is 6.03. The van der Waals surface area contributed by atoms with Gasteiger partial charge in [0, 0.05) is 0 Å². The third-order valence-electron chi connectivity index (χ3n) is 4.25. The molecule has 0 aliphatic carbocycles. The second-order valence-electron chi connectivity index (χ2n) is 6.48. The van der Waals surface area contributed by atoms with E-state index in [-0.39, 0.29) is 6.42 Å². The zero-order chi connectivity index (χ0) is 20.1. The molecule has 28 heavy (non-hydrogen) atoms. The Morgan fingerprint density at radius 3 is 2.61 bits per heavy atom. The van der Waals surface area contributed by atoms with Crippen LogP contribution in [-0.2, 0) is 20.7 Å². The summed E-state index contributed by atoms with van der Waals surface area (Å²) in [5.74, 6) is 0.862. The zero-order valence-corrected chi connectivity index (χ0v) is 16.1. The van der Waals surface area contributed by atoms with Crippen molar-refractivity contribution in [1.29, 1.82) is 0 Å². The summed E-state index contributed by atoms with van der Waals surface area (Å²) in [4.78, 5) is 24.6. The molecule has 0 saturated heterocycles. The summed E-state index contributed by atoms with van der Waals surface area (Å²) in [6, 6.07) is 10.7. The quantitative estimate of drug-likeness (QED) is 0.770. The average Bonchev–Trinajstić information content (AvgIpc) is 2.68. The van der Waals surface area contributed by atoms with Gasteiger partial charge in [-0.25, -0.2) is 0 Å². The standard InChI is InChI=1S/C21H23NO6/c1-13-4-6-17(25-3)16(10-13)22-21(24)14(2)28-20(23)12-15-5-7-18-19(11-15)27-9-8-26-18/h4-7,10-11,14H,8-9,12H2,1-3H3,(H,22,24)/t14-/m1/s1. The van der Waals surface area contributed by atoms with Crippen molar-refractivity contribution in [2.24, 2.45) is 0 Å². The number of hydrogen-bond donors (Lipinski definition) is 1. The van der Waals surface area contributed by atoms with Crippen molar-refractivity contribution in [1.82, 2.24) is 0 Å². The first kappa shape index (κ1) is 19.5. The number of hydrogen-bond acceptors (Lipinski definition) is 6. The van der Waals surface area contributed by atoms with Crippen LogP contribution in [0.15, 0.2) is 36.4 Å². The van der Waals surface area contributed by atoms with Gasteiger partial charge >= 0.3 is 5.97 Å². The molecular weight excluding hydrogens is 362 g/mol. The third kappa shape index (κ3) is 4.73. The number of carbonyl (C=O) groups excluding carboxylic acids is 2. The molecule has 2 aromatic carbocycles. The van der Waals surface area contributed by atoms with Crippen LogP contribution < -0.4 is 19.5 Å². The van der Waals surface area contributed by atoms with E-state index in [0.29, 0.717) is 36.1 Å². The summed E-state index contributed by atoms with van der Waals surface area (Å²) in [6.07, 6.45) is -0.919. The monoisotopic (exact) mass is 385 g/mol. The summed E-state index contributed by atoms with van der Waals surface area (Å²) in [6.45, 7) is 4.42. The first-order valence-corrected chi connectivity index (χ1v) is 9.00. The van der Waals surface area contributed by atoms with Crippen LogP contribution in [0.4, 0.5) is 5.69 Å². The second kappa shape index (κ2) is 8.65. The van der Waals surface area contributed by atoms with Crippen LogP contribution in [-0.4, -0.2) is 38.3 Å². The van der Waals surface area contributed by atoms with Gasteiger partial charge in [0.2, 0.25) is 0 Å². The van der Waals surface area contributed by atoms with Gasteiger partial charge in [-0.2, -0.15) is 0 Å². The summed E-state index contributed by atoms with van der Waals surface area (Å²) in [5.41, 5.74) is 2.23. The van der Waals surface area contributed by atoms with Crippen molar-refractivity contribution in [2.45, 2.75) is 26.4 Å². The molecule has 1 N–H and O–H groups in total. The van der Waals surface area contributed by atoms with Gasteiger partial charge in [0.05, 0.1) is 19.2 Å². The molecule has 148 valence electrons. The zero-order valence-electron chi connectivity index (χ0n) is 16.1. The van der Waals surface area contributed by atoms with E-state index in [2.05, 4.69) is 5.32 Å². The number of nitrogens with one attached hydrogen (secondary N) is 1. The van der Waals surface area contributed by atoms with Crippen molar-refractivity contribution >= 4 is 17.6 Å². The van der Waals surface area contributed by atoms with Crippen molar-refractivity contribution in [3.05, 3.63) is 47.5 Å². The summed E-state index contributed by atoms with van der Waals surface area (Å²) in [5, 5.41) is 2.73. The van der Waals surface area contributed by atoms with Crippen molar-refractivity contribution in [3.63, 3.8) is 0 Å². The van der Waals surface area contributed by atoms with Crippen LogP contribution in [0.2, 0.25) is 0 Å². The van der Waals surface area contributed by atoms with E-state index in [9.17, 15) is 9.59 Å². The topological polar surface area (TPSA) is 83.1 Å². The molecule has 0 saturated carbocycles. The van der Waals surface area contributed by atoms with Gasteiger partial charge < -0.3 is 24.3 Å². The molecule has 7 heteroatoms. The van der Waals surface area contributed by atoms with Gasteiger partial charge in [-0.05, 0) is 49.2 Å². The summed E-state index contributed by atoms with van der Waals surface area (Å²) < 4.78 is 21.5. The van der Waals surface area contributed by atoms with Crippen molar-refractivity contribution < 1.29 is 28.5 Å². The van der Waals surface area contributed by atoms with Gasteiger partial charge in [0.1, 0.15) is 19.0 Å². The minimum Gasteiger partial charge on any atom is -0.495 e. The Labute approximate surface area is 163 Å². The lowest BCUT2D eigenvalue weighted by atomic mass is 10.1. The minimum atomic E-state index is -0.949. The van der Waals surface area contributed by atoms with Crippen LogP contribution in [0, 0.1) is 6.92 Å². The fourth-order valence-electron chi connectivity index (χ4n) is 2.81. The number of carbonyl (C=O) groups is 2. The predicted octanol–water partition coefficient (Wildman–Crippen LogP) is 2.89. The van der Waals surface area contributed by atoms with Crippen LogP contribution >= 0.6 is 0 Å². The van der Waals surface area contributed by atoms with Gasteiger partial charge in [0.15, 0.2) is 17.6 Å². The molecule has 0 bridgehead atoms. The Bertz CT molecular complexity index is 879. The smallest absolute Gasteiger partial charge is 0.311 e. The molecular formula is C21H23NO6. The highest BCUT2D eigenvalue weighted by Crippen LogP contribution is 2.31. The molecule has 0 fully saturated rings. The fraction of sp³-hybridized carbons (Fsp3) is 0.333. The Morgan fingerprint density at radius 2 is 1.86 bits per heavy atom. The fourth-order valence-corrected chi connectivity index (χ4v) is 2.81. The number of anilines is 1. The molecule has 1 aliphatic rings. The molecule has 0 unspecified atom stereocenters. The van der Waals surface area contributed by atoms with E-state index < -0.39 is 18.0 Å². The van der Waals surface area contributed by atoms with Gasteiger partial charge in [-0.15, -0.1) is 0 Å². The van der Waals surface area contributed by atoms with Gasteiger partial charge in [-0.3, -0.25) is 9.59 Å². The second-order valence-corrected chi connectivity index (χ2v) is 6.48. The number of benzene rings is 2. The first-order chi connectivity index (χ1) is 13.5. The van der Waals surface area contributed by atoms with Crippen LogP contribution in [0.1, 0.15) is 18.1 Å². The lowest BCUT2D eigenvalue weighted by Crippen LogP contribution is -2.30. The third-order valence-corrected chi connectivity index (χ3v) is 4.25. The SMILES string of the molecule is COc1ccc(C)cc1NC(=O)[C@@H](C)OC(=O)Cc1ccc2c(c1)OCCO2. The van der Waals surface area contributed by atoms with E-state index in [1.54, 1.807) is 30.3 Å². The maximum absolute atomic E-state index is 12.4. The molecule has 1 heterocycles. The van der Waals surface area contributed by atoms with Crippen LogP contribution in [0.5, 0.6) is 17.2 Å². The molecule has 0 radical (unpaired) electrons. The first-order valence-electron chi connectivity index (χ1n) is 9.00. The number of aryl methyl sites for hydroxylation is 1. The number of amides is 1. The van der Waals surface area contributed by atoms with E-state index in [1.807, 2.05) is 13.0 Å². The Morgan fingerprint density at radius 1 is 1.11 bits per heavy atom. The Balaban J connectivity index is 1.58. The molecule has 2 aromatic rings. The largest absolute Gasteiger partial charge is 0.495 e. The number of rotatable bonds is 6. The van der Waals surface area contributed by atoms with E-state index in [1.165, 1.54) is 14.0 Å². The number of methoxy groups -OCH3 is 1. The molecule has 1 amide bonds. The highest BCUT2D eigenvalue weighted by molar-refractivity contribution is 5.96. The molecule has 1 atom stereocenters. The molecule has 1 aliphatic heterocycles. The molecule has 0 spiro atoms. The van der Waals surface area contributed by atoms with Crippen LogP contribution in [0.25, 0.3) is 0 Å². The van der Waals surface area contributed by atoms with Crippen LogP contribution in [0.3, 0.4) is 0 Å². The van der Waals surface area contributed by atoms with Gasteiger partial charge in [0.25, 0.3) is 5.91 Å². The average molecular weight is 385 g/mol. The maximum atomic E-state index is 12.4.